The summed E-state index contributed by atoms with van der Waals surface area (Å²) in [5.41, 5.74) is 0.837. The van der Waals surface area contributed by atoms with E-state index in [1.54, 1.807) is 35.6 Å². The number of hydrogen-bond acceptors (Lipinski definition) is 3. The quantitative estimate of drug-likeness (QED) is 0.890. The van der Waals surface area contributed by atoms with Crippen molar-refractivity contribution in [1.82, 2.24) is 5.32 Å². The molecule has 0 saturated heterocycles. The lowest BCUT2D eigenvalue weighted by Gasteiger charge is -2.19. The molecule has 0 saturated carbocycles. The number of thiophene rings is 1. The van der Waals surface area contributed by atoms with E-state index in [4.69, 9.17) is 11.6 Å². The van der Waals surface area contributed by atoms with Crippen molar-refractivity contribution in [2.45, 2.75) is 18.9 Å². The van der Waals surface area contributed by atoms with Gasteiger partial charge in [-0.25, -0.2) is 0 Å². The first-order valence-corrected chi connectivity index (χ1v) is 7.57. The summed E-state index contributed by atoms with van der Waals surface area (Å²) >= 11 is 7.39. The van der Waals surface area contributed by atoms with Gasteiger partial charge in [-0.15, -0.1) is 11.3 Å². The van der Waals surface area contributed by atoms with Crippen LogP contribution >= 0.6 is 22.9 Å². The molecule has 0 radical (unpaired) electrons. The zero-order valence-electron chi connectivity index (χ0n) is 11.0. The molecule has 0 aliphatic rings. The summed E-state index contributed by atoms with van der Waals surface area (Å²) in [5.74, 6) is -0.321. The lowest BCUT2D eigenvalue weighted by atomic mass is 10.1. The Balaban J connectivity index is 2.06. The van der Waals surface area contributed by atoms with Crippen molar-refractivity contribution in [3.05, 3.63) is 57.2 Å². The SMILES string of the molecule is CC(C(=O)NC(CO)c1ccc(Cl)cc1)c1cccs1. The van der Waals surface area contributed by atoms with E-state index in [2.05, 4.69) is 5.32 Å². The number of aliphatic hydroxyl groups is 1. The van der Waals surface area contributed by atoms with Crippen LogP contribution in [-0.4, -0.2) is 17.6 Å². The second-order valence-electron chi connectivity index (χ2n) is 4.53. The summed E-state index contributed by atoms with van der Waals surface area (Å²) in [6.45, 7) is 1.71. The zero-order valence-corrected chi connectivity index (χ0v) is 12.6. The molecule has 0 spiro atoms. The van der Waals surface area contributed by atoms with Crippen LogP contribution in [0.5, 0.6) is 0 Å². The Bertz CT molecular complexity index is 554. The van der Waals surface area contributed by atoms with Gasteiger partial charge >= 0.3 is 0 Å². The average Bonchev–Trinajstić information content (AvgIpc) is 2.99. The number of halogens is 1. The van der Waals surface area contributed by atoms with Crippen LogP contribution in [0.4, 0.5) is 0 Å². The first-order chi connectivity index (χ1) is 9.61. The van der Waals surface area contributed by atoms with E-state index in [-0.39, 0.29) is 18.4 Å². The molecule has 2 unspecified atom stereocenters. The van der Waals surface area contributed by atoms with E-state index >= 15 is 0 Å². The van der Waals surface area contributed by atoms with Crippen molar-refractivity contribution in [3.63, 3.8) is 0 Å². The number of carbonyl (C=O) groups is 1. The maximum atomic E-state index is 12.2. The molecule has 20 heavy (non-hydrogen) atoms. The predicted molar refractivity (Wildman–Crippen MR) is 82.2 cm³/mol. The number of benzene rings is 1. The van der Waals surface area contributed by atoms with E-state index in [1.807, 2.05) is 24.4 Å². The number of nitrogens with one attached hydrogen (secondary N) is 1. The maximum absolute atomic E-state index is 12.2. The molecule has 2 atom stereocenters. The van der Waals surface area contributed by atoms with Crippen molar-refractivity contribution in [2.24, 2.45) is 0 Å². The first-order valence-electron chi connectivity index (χ1n) is 6.32. The summed E-state index contributed by atoms with van der Waals surface area (Å²) in [7, 11) is 0. The minimum absolute atomic E-state index is 0.0959. The van der Waals surface area contributed by atoms with Gasteiger partial charge in [0, 0.05) is 9.90 Å². The molecule has 2 rings (SSSR count). The van der Waals surface area contributed by atoms with Gasteiger partial charge in [-0.05, 0) is 36.1 Å². The van der Waals surface area contributed by atoms with Crippen LogP contribution in [0.2, 0.25) is 5.02 Å². The van der Waals surface area contributed by atoms with Crippen molar-refractivity contribution in [1.29, 1.82) is 0 Å². The maximum Gasteiger partial charge on any atom is 0.228 e. The third-order valence-electron chi connectivity index (χ3n) is 3.13. The Morgan fingerprint density at radius 3 is 2.60 bits per heavy atom. The van der Waals surface area contributed by atoms with E-state index < -0.39 is 6.04 Å². The highest BCUT2D eigenvalue weighted by Crippen LogP contribution is 2.22. The molecule has 0 aliphatic carbocycles. The molecule has 2 aromatic rings. The lowest BCUT2D eigenvalue weighted by molar-refractivity contribution is -0.123. The Hall–Kier alpha value is -1.36. The van der Waals surface area contributed by atoms with Gasteiger partial charge < -0.3 is 10.4 Å². The number of hydrogen-bond donors (Lipinski definition) is 2. The summed E-state index contributed by atoms with van der Waals surface area (Å²) < 4.78 is 0. The van der Waals surface area contributed by atoms with Gasteiger partial charge in [0.25, 0.3) is 0 Å². The molecule has 3 nitrogen and oxygen atoms in total. The first kappa shape index (κ1) is 15.0. The minimum atomic E-state index is -0.415. The van der Waals surface area contributed by atoms with Crippen LogP contribution in [0, 0.1) is 0 Å². The Morgan fingerprint density at radius 2 is 2.05 bits per heavy atom. The highest BCUT2D eigenvalue weighted by Gasteiger charge is 2.20. The van der Waals surface area contributed by atoms with Crippen LogP contribution in [0.15, 0.2) is 41.8 Å². The third kappa shape index (κ3) is 3.60. The summed E-state index contributed by atoms with van der Waals surface area (Å²) in [4.78, 5) is 13.2. The Kier molecular flexibility index (Phi) is 5.17. The van der Waals surface area contributed by atoms with Crippen molar-refractivity contribution in [3.8, 4) is 0 Å². The van der Waals surface area contributed by atoms with Crippen molar-refractivity contribution >= 4 is 28.8 Å². The second-order valence-corrected chi connectivity index (χ2v) is 5.95. The minimum Gasteiger partial charge on any atom is -0.394 e. The van der Waals surface area contributed by atoms with Crippen molar-refractivity contribution < 1.29 is 9.90 Å². The highest BCUT2D eigenvalue weighted by molar-refractivity contribution is 7.10. The van der Waals surface area contributed by atoms with Gasteiger partial charge in [0.1, 0.15) is 0 Å². The zero-order chi connectivity index (χ0) is 14.5. The highest BCUT2D eigenvalue weighted by atomic mass is 35.5. The summed E-state index contributed by atoms with van der Waals surface area (Å²) in [6, 6.07) is 10.5. The van der Waals surface area contributed by atoms with Crippen molar-refractivity contribution in [2.75, 3.05) is 6.61 Å². The molecular weight excluding hydrogens is 294 g/mol. The third-order valence-corrected chi connectivity index (χ3v) is 4.44. The van der Waals surface area contributed by atoms with Crippen LogP contribution in [0.1, 0.15) is 29.3 Å². The fourth-order valence-corrected chi connectivity index (χ4v) is 2.80. The molecule has 106 valence electrons. The van der Waals surface area contributed by atoms with E-state index in [0.29, 0.717) is 5.02 Å². The fraction of sp³-hybridized carbons (Fsp3) is 0.267. The largest absolute Gasteiger partial charge is 0.394 e. The van der Waals surface area contributed by atoms with Gasteiger partial charge in [-0.3, -0.25) is 4.79 Å². The monoisotopic (exact) mass is 309 g/mol. The molecule has 1 aromatic carbocycles. The van der Waals surface area contributed by atoms with E-state index in [1.165, 1.54) is 0 Å². The number of aliphatic hydroxyl groups excluding tert-OH is 1. The van der Waals surface area contributed by atoms with Gasteiger partial charge in [-0.1, -0.05) is 29.8 Å². The van der Waals surface area contributed by atoms with Crippen LogP contribution in [-0.2, 0) is 4.79 Å². The molecule has 0 aliphatic heterocycles. The Morgan fingerprint density at radius 1 is 1.35 bits per heavy atom. The second kappa shape index (κ2) is 6.88. The molecule has 5 heteroatoms. The summed E-state index contributed by atoms with van der Waals surface area (Å²) in [6.07, 6.45) is 0. The van der Waals surface area contributed by atoms with Gasteiger partial charge in [-0.2, -0.15) is 0 Å². The molecule has 0 bridgehead atoms. The van der Waals surface area contributed by atoms with E-state index in [9.17, 15) is 9.90 Å². The topological polar surface area (TPSA) is 49.3 Å². The van der Waals surface area contributed by atoms with Gasteiger partial charge in [0.2, 0.25) is 5.91 Å². The molecule has 0 fully saturated rings. The predicted octanol–water partition coefficient (Wildman–Crippen LogP) is 3.35. The summed E-state index contributed by atoms with van der Waals surface area (Å²) in [5, 5.41) is 14.9. The molecular formula is C15H16ClNO2S. The number of rotatable bonds is 5. The fourth-order valence-electron chi connectivity index (χ4n) is 1.89. The van der Waals surface area contributed by atoms with E-state index in [0.717, 1.165) is 10.4 Å². The number of amides is 1. The van der Waals surface area contributed by atoms with Crippen LogP contribution in [0.25, 0.3) is 0 Å². The standard InChI is InChI=1S/C15H16ClNO2S/c1-10(14-3-2-8-20-14)15(19)17-13(9-18)11-4-6-12(16)7-5-11/h2-8,10,13,18H,9H2,1H3,(H,17,19). The number of carbonyl (C=O) groups excluding carboxylic acids is 1. The molecule has 1 aromatic heterocycles. The Labute approximate surface area is 127 Å². The van der Waals surface area contributed by atoms with Gasteiger partial charge in [0.15, 0.2) is 0 Å². The molecule has 1 heterocycles. The normalized spacial score (nSPS) is 13.8. The van der Waals surface area contributed by atoms with Gasteiger partial charge in [0.05, 0.1) is 18.6 Å². The average molecular weight is 310 g/mol. The molecule has 2 N–H and O–H groups in total. The van der Waals surface area contributed by atoms with Crippen LogP contribution in [0.3, 0.4) is 0 Å². The lowest BCUT2D eigenvalue weighted by Crippen LogP contribution is -2.33. The molecule has 1 amide bonds. The van der Waals surface area contributed by atoms with Crippen LogP contribution < -0.4 is 5.32 Å². The smallest absolute Gasteiger partial charge is 0.228 e.